The van der Waals surface area contributed by atoms with Gasteiger partial charge in [0.2, 0.25) is 0 Å². The molecule has 0 bridgehead atoms. The summed E-state index contributed by atoms with van der Waals surface area (Å²) in [6.07, 6.45) is 1.05. The summed E-state index contributed by atoms with van der Waals surface area (Å²) in [6.45, 7) is 2.36. The van der Waals surface area contributed by atoms with Crippen LogP contribution >= 0.6 is 11.3 Å². The number of aromatic nitrogens is 1. The van der Waals surface area contributed by atoms with Crippen molar-refractivity contribution in [2.75, 3.05) is 13.1 Å². The van der Waals surface area contributed by atoms with E-state index in [9.17, 15) is 23.2 Å². The summed E-state index contributed by atoms with van der Waals surface area (Å²) in [6, 6.07) is 6.86. The van der Waals surface area contributed by atoms with Gasteiger partial charge in [0.15, 0.2) is 10.8 Å². The van der Waals surface area contributed by atoms with E-state index in [-0.39, 0.29) is 17.9 Å². The average Bonchev–Trinajstić information content (AvgIpc) is 3.36. The molecular formula is C22H20F3N5OS. The van der Waals surface area contributed by atoms with Gasteiger partial charge in [-0.25, -0.2) is 23.1 Å². The van der Waals surface area contributed by atoms with E-state index in [1.807, 2.05) is 0 Å². The van der Waals surface area contributed by atoms with Crippen LogP contribution < -0.4 is 5.32 Å². The van der Waals surface area contributed by atoms with E-state index in [4.69, 9.17) is 4.99 Å². The van der Waals surface area contributed by atoms with Gasteiger partial charge in [0, 0.05) is 30.2 Å². The number of rotatable bonds is 5. The smallest absolute Gasteiger partial charge is 0.262 e. The molecule has 0 unspecified atom stereocenters. The summed E-state index contributed by atoms with van der Waals surface area (Å²) < 4.78 is 41.8. The molecule has 6 nitrogen and oxygen atoms in total. The van der Waals surface area contributed by atoms with Gasteiger partial charge < -0.3 is 5.32 Å². The number of likely N-dealkylation sites (tertiary alicyclic amines) is 1. The van der Waals surface area contributed by atoms with E-state index in [2.05, 4.69) is 16.4 Å². The molecule has 0 radical (unpaired) electrons. The van der Waals surface area contributed by atoms with Crippen molar-refractivity contribution in [3.8, 4) is 6.07 Å². The van der Waals surface area contributed by atoms with Crippen molar-refractivity contribution >= 4 is 23.0 Å². The van der Waals surface area contributed by atoms with Crippen molar-refractivity contribution in [1.29, 1.82) is 5.26 Å². The lowest BCUT2D eigenvalue weighted by molar-refractivity contribution is -0.121. The number of ketones is 1. The molecule has 1 aromatic heterocycles. The third kappa shape index (κ3) is 4.06. The summed E-state index contributed by atoms with van der Waals surface area (Å²) in [5.41, 5.74) is -0.0540. The number of carbonyl (C=O) groups is 1. The van der Waals surface area contributed by atoms with Gasteiger partial charge in [0.05, 0.1) is 24.2 Å². The number of nitriles is 1. The monoisotopic (exact) mass is 459 g/mol. The first-order chi connectivity index (χ1) is 15.1. The fraction of sp³-hybridized carbons (Fsp3) is 0.364. The number of nitrogens with one attached hydrogen (secondary N) is 1. The third-order valence-corrected chi connectivity index (χ3v) is 6.52. The maximum Gasteiger partial charge on any atom is 0.262 e. The fourth-order valence-corrected chi connectivity index (χ4v) is 4.76. The Kier molecular flexibility index (Phi) is 5.65. The van der Waals surface area contributed by atoms with Gasteiger partial charge >= 0.3 is 0 Å². The summed E-state index contributed by atoms with van der Waals surface area (Å²) in [4.78, 5) is 22.4. The van der Waals surface area contributed by atoms with Gasteiger partial charge in [-0.05, 0) is 31.5 Å². The van der Waals surface area contributed by atoms with E-state index in [0.717, 1.165) is 0 Å². The molecule has 2 aliphatic rings. The molecule has 166 valence electrons. The largest absolute Gasteiger partial charge is 0.339 e. The first-order valence-corrected chi connectivity index (χ1v) is 10.8. The Morgan fingerprint density at radius 3 is 2.69 bits per heavy atom. The van der Waals surface area contributed by atoms with E-state index in [1.54, 1.807) is 30.6 Å². The van der Waals surface area contributed by atoms with Crippen LogP contribution in [-0.2, 0) is 10.3 Å². The summed E-state index contributed by atoms with van der Waals surface area (Å²) in [5, 5.41) is 15.5. The topological polar surface area (TPSA) is 81.4 Å². The number of carbonyl (C=O) groups excluding carboxylic acids is 1. The van der Waals surface area contributed by atoms with Crippen LogP contribution in [0, 0.1) is 17.1 Å². The van der Waals surface area contributed by atoms with Crippen LogP contribution in [0.1, 0.15) is 30.8 Å². The lowest BCUT2D eigenvalue weighted by Crippen LogP contribution is -2.44. The van der Waals surface area contributed by atoms with Crippen LogP contribution in [0.3, 0.4) is 0 Å². The van der Waals surface area contributed by atoms with Gasteiger partial charge in [-0.3, -0.25) is 9.69 Å². The highest BCUT2D eigenvalue weighted by molar-refractivity contribution is 7.11. The molecule has 1 saturated heterocycles. The second-order valence-electron chi connectivity index (χ2n) is 8.06. The molecule has 2 aromatic rings. The molecule has 0 aliphatic carbocycles. The molecular weight excluding hydrogens is 439 g/mol. The Hall–Kier alpha value is -3.03. The van der Waals surface area contributed by atoms with Gasteiger partial charge in [0.1, 0.15) is 17.1 Å². The predicted octanol–water partition coefficient (Wildman–Crippen LogP) is 3.62. The summed E-state index contributed by atoms with van der Waals surface area (Å²) >= 11 is 1.33. The number of halogens is 3. The van der Waals surface area contributed by atoms with Crippen LogP contribution in [0.2, 0.25) is 0 Å². The second kappa shape index (κ2) is 8.15. The van der Waals surface area contributed by atoms with Crippen LogP contribution in [0.5, 0.6) is 0 Å². The highest BCUT2D eigenvalue weighted by Gasteiger charge is 2.48. The molecule has 0 saturated carbocycles. The van der Waals surface area contributed by atoms with E-state index in [1.165, 1.54) is 35.3 Å². The molecule has 10 heteroatoms. The standard InChI is InChI=1S/C22H20F3N5OS/c1-13(31)18-9-22(24,25)12-30(18)11-17-16(10-26)21(2,14-3-5-15(23)6-4-14)29-19(28-17)20-27-7-8-32-20/h3-8,18H,9,11-12H2,1-2H3,(H,28,29)/t18-,21-/m0/s1. The van der Waals surface area contributed by atoms with Gasteiger partial charge in [-0.15, -0.1) is 11.3 Å². The van der Waals surface area contributed by atoms with Gasteiger partial charge in [-0.2, -0.15) is 5.26 Å². The molecule has 4 rings (SSSR count). The first-order valence-electron chi connectivity index (χ1n) is 9.92. The van der Waals surface area contributed by atoms with Gasteiger partial charge in [-0.1, -0.05) is 12.1 Å². The van der Waals surface area contributed by atoms with Crippen molar-refractivity contribution in [3.05, 3.63) is 63.5 Å². The van der Waals surface area contributed by atoms with Crippen LogP contribution in [0.15, 0.2) is 52.1 Å². The molecule has 0 spiro atoms. The molecule has 1 aromatic carbocycles. The van der Waals surface area contributed by atoms with E-state index >= 15 is 0 Å². The number of Topliss-reactive ketones (excluding diaryl/α,β-unsaturated/α-hetero) is 1. The molecule has 1 N–H and O–H groups in total. The lowest BCUT2D eigenvalue weighted by Gasteiger charge is -2.35. The molecule has 1 fully saturated rings. The number of alkyl halides is 2. The number of amidine groups is 1. The normalized spacial score (nSPS) is 25.2. The second-order valence-corrected chi connectivity index (χ2v) is 8.95. The molecule has 32 heavy (non-hydrogen) atoms. The zero-order chi connectivity index (χ0) is 23.1. The molecule has 2 atom stereocenters. The van der Waals surface area contributed by atoms with Crippen molar-refractivity contribution in [2.24, 2.45) is 4.99 Å². The molecule has 2 aliphatic heterocycles. The highest BCUT2D eigenvalue weighted by Crippen LogP contribution is 2.39. The highest BCUT2D eigenvalue weighted by atomic mass is 32.1. The van der Waals surface area contributed by atoms with Crippen molar-refractivity contribution < 1.29 is 18.0 Å². The minimum atomic E-state index is -3.00. The maximum absolute atomic E-state index is 14.1. The van der Waals surface area contributed by atoms with Crippen molar-refractivity contribution in [2.45, 2.75) is 37.8 Å². The lowest BCUT2D eigenvalue weighted by atomic mass is 9.83. The minimum Gasteiger partial charge on any atom is -0.339 e. The van der Waals surface area contributed by atoms with Crippen LogP contribution in [0.4, 0.5) is 13.2 Å². The van der Waals surface area contributed by atoms with Crippen LogP contribution in [-0.4, -0.2) is 46.6 Å². The van der Waals surface area contributed by atoms with Crippen molar-refractivity contribution in [1.82, 2.24) is 15.2 Å². The number of hydrogen-bond acceptors (Lipinski definition) is 7. The Bertz CT molecular complexity index is 1140. The Morgan fingerprint density at radius 2 is 2.09 bits per heavy atom. The minimum absolute atomic E-state index is 0.0656. The number of hydrogen-bond donors (Lipinski definition) is 1. The fourth-order valence-electron chi connectivity index (χ4n) is 4.18. The predicted molar refractivity (Wildman–Crippen MR) is 114 cm³/mol. The maximum atomic E-state index is 14.1. The Morgan fingerprint density at radius 1 is 1.38 bits per heavy atom. The van der Waals surface area contributed by atoms with E-state index < -0.39 is 36.3 Å². The van der Waals surface area contributed by atoms with E-state index in [0.29, 0.717) is 22.1 Å². The summed E-state index contributed by atoms with van der Waals surface area (Å²) in [5.74, 6) is -3.40. The SMILES string of the molecule is CC(=O)[C@@H]1CC(F)(F)CN1CC1=C(C#N)[C@](C)(c2ccc(F)cc2)N=C(c2nccs2)N1. The summed E-state index contributed by atoms with van der Waals surface area (Å²) in [7, 11) is 0. The number of thiazole rings is 1. The zero-order valence-electron chi connectivity index (χ0n) is 17.4. The van der Waals surface area contributed by atoms with Crippen molar-refractivity contribution in [3.63, 3.8) is 0 Å². The molecule has 3 heterocycles. The third-order valence-electron chi connectivity index (χ3n) is 5.74. The quantitative estimate of drug-likeness (QED) is 0.739. The first kappa shape index (κ1) is 22.2. The number of benzene rings is 1. The average molecular weight is 459 g/mol. The number of nitrogens with zero attached hydrogens (tertiary/aromatic N) is 4. The number of aliphatic imine (C=N–C) groups is 1. The van der Waals surface area contributed by atoms with Crippen LogP contribution in [0.25, 0.3) is 0 Å². The molecule has 0 amide bonds. The van der Waals surface area contributed by atoms with Gasteiger partial charge in [0.25, 0.3) is 5.92 Å². The Balaban J connectivity index is 1.80. The Labute approximate surface area is 187 Å². The zero-order valence-corrected chi connectivity index (χ0v) is 18.2.